The van der Waals surface area contributed by atoms with Gasteiger partial charge in [-0.1, -0.05) is 84.0 Å². The van der Waals surface area contributed by atoms with Gasteiger partial charge in [-0.2, -0.15) is 5.10 Å². The Bertz CT molecular complexity index is 1540. The highest BCUT2D eigenvalue weighted by Gasteiger charge is 2.17. The van der Waals surface area contributed by atoms with Gasteiger partial charge < -0.3 is 4.74 Å². The van der Waals surface area contributed by atoms with E-state index in [0.717, 1.165) is 28.1 Å². The molecule has 5 rings (SSSR count). The van der Waals surface area contributed by atoms with Gasteiger partial charge in [0.1, 0.15) is 12.4 Å². The van der Waals surface area contributed by atoms with Gasteiger partial charge in [0.25, 0.3) is 5.91 Å². The zero-order valence-corrected chi connectivity index (χ0v) is 22.3. The number of amides is 1. The Kier molecular flexibility index (Phi) is 8.68. The molecule has 9 heteroatoms. The molecule has 0 aliphatic rings. The summed E-state index contributed by atoms with van der Waals surface area (Å²) in [5.74, 6) is 1.29. The summed E-state index contributed by atoms with van der Waals surface area (Å²) in [5, 5.41) is 14.0. The van der Waals surface area contributed by atoms with Crippen LogP contribution >= 0.6 is 23.4 Å². The minimum atomic E-state index is -0.258. The third kappa shape index (κ3) is 7.13. The van der Waals surface area contributed by atoms with Crippen LogP contribution in [0.3, 0.4) is 0 Å². The molecular weight excluding hydrogens is 530 g/mol. The molecule has 1 amide bonds. The fraction of sp³-hybridized carbons (Fsp3) is 0.0667. The summed E-state index contributed by atoms with van der Waals surface area (Å²) in [6.07, 6.45) is 1.59. The maximum Gasteiger partial charge on any atom is 0.250 e. The fourth-order valence-electron chi connectivity index (χ4n) is 3.69. The largest absolute Gasteiger partial charge is 0.489 e. The summed E-state index contributed by atoms with van der Waals surface area (Å²) in [7, 11) is 0. The van der Waals surface area contributed by atoms with E-state index in [9.17, 15) is 4.79 Å². The van der Waals surface area contributed by atoms with E-state index in [1.807, 2.05) is 114 Å². The lowest BCUT2D eigenvalue weighted by atomic mass is 10.2. The second-order valence-electron chi connectivity index (χ2n) is 8.41. The first kappa shape index (κ1) is 26.2. The monoisotopic (exact) mass is 553 g/mol. The molecule has 0 saturated carbocycles. The Balaban J connectivity index is 1.18. The predicted molar refractivity (Wildman–Crippen MR) is 155 cm³/mol. The van der Waals surface area contributed by atoms with E-state index in [2.05, 4.69) is 20.7 Å². The third-order valence-corrected chi connectivity index (χ3v) is 6.79. The lowest BCUT2D eigenvalue weighted by Gasteiger charge is -2.10. The number of aromatic nitrogens is 3. The van der Waals surface area contributed by atoms with E-state index in [0.29, 0.717) is 22.6 Å². The van der Waals surface area contributed by atoms with Gasteiger partial charge in [0, 0.05) is 16.3 Å². The Morgan fingerprint density at radius 3 is 2.31 bits per heavy atom. The minimum Gasteiger partial charge on any atom is -0.489 e. The number of halogens is 1. The van der Waals surface area contributed by atoms with E-state index in [4.69, 9.17) is 16.3 Å². The number of hydrogen-bond donors (Lipinski definition) is 1. The Morgan fingerprint density at radius 2 is 1.59 bits per heavy atom. The van der Waals surface area contributed by atoms with Gasteiger partial charge in [-0.25, -0.2) is 5.43 Å². The van der Waals surface area contributed by atoms with E-state index in [1.54, 1.807) is 6.21 Å². The zero-order chi connectivity index (χ0) is 26.9. The molecule has 0 radical (unpaired) electrons. The van der Waals surface area contributed by atoms with Crippen LogP contribution in [0, 0.1) is 0 Å². The van der Waals surface area contributed by atoms with Crippen molar-refractivity contribution in [2.45, 2.75) is 11.8 Å². The molecule has 0 aliphatic heterocycles. The summed E-state index contributed by atoms with van der Waals surface area (Å²) in [6, 6.07) is 34.7. The van der Waals surface area contributed by atoms with Gasteiger partial charge in [0.15, 0.2) is 11.0 Å². The van der Waals surface area contributed by atoms with Crippen molar-refractivity contribution in [3.8, 4) is 22.8 Å². The average Bonchev–Trinajstić information content (AvgIpc) is 3.41. The van der Waals surface area contributed by atoms with Crippen LogP contribution < -0.4 is 10.2 Å². The molecular formula is C30H24ClN5O2S. The lowest BCUT2D eigenvalue weighted by Crippen LogP contribution is -2.20. The van der Waals surface area contributed by atoms with E-state index < -0.39 is 0 Å². The zero-order valence-electron chi connectivity index (χ0n) is 20.8. The Labute approximate surface area is 235 Å². The normalized spacial score (nSPS) is 11.0. The van der Waals surface area contributed by atoms with Crippen LogP contribution in [0.25, 0.3) is 17.1 Å². The first-order valence-corrected chi connectivity index (χ1v) is 13.5. The van der Waals surface area contributed by atoms with Crippen LogP contribution in [0.5, 0.6) is 5.75 Å². The molecule has 0 aliphatic carbocycles. The number of rotatable bonds is 10. The molecule has 0 saturated heterocycles. The SMILES string of the molecule is O=C(CSc1nnc(-c2ccccc2)n1-c1ccc(Cl)cc1)NN=Cc1ccc(OCc2ccccc2)cc1. The van der Waals surface area contributed by atoms with Gasteiger partial charge in [-0.05, 0) is 59.7 Å². The molecule has 0 atom stereocenters. The van der Waals surface area contributed by atoms with Crippen molar-refractivity contribution in [2.75, 3.05) is 5.75 Å². The number of nitrogens with zero attached hydrogens (tertiary/aromatic N) is 4. The van der Waals surface area contributed by atoms with E-state index in [1.165, 1.54) is 11.8 Å². The average molecular weight is 554 g/mol. The molecule has 0 fully saturated rings. The Hall–Kier alpha value is -4.40. The highest BCUT2D eigenvalue weighted by Crippen LogP contribution is 2.28. The molecule has 5 aromatic rings. The van der Waals surface area contributed by atoms with E-state index in [-0.39, 0.29) is 11.7 Å². The fourth-order valence-corrected chi connectivity index (χ4v) is 4.56. The number of hydrogen-bond acceptors (Lipinski definition) is 6. The van der Waals surface area contributed by atoms with Crippen LogP contribution in [0.2, 0.25) is 5.02 Å². The first-order chi connectivity index (χ1) is 19.2. The quantitative estimate of drug-likeness (QED) is 0.123. The molecule has 1 aromatic heterocycles. The van der Waals surface area contributed by atoms with Crippen LogP contribution in [-0.2, 0) is 11.4 Å². The standard InChI is InChI=1S/C30H24ClN5O2S/c31-25-13-15-26(16-14-25)36-29(24-9-5-2-6-10-24)34-35-30(36)39-21-28(37)33-32-19-22-11-17-27(18-12-22)38-20-23-7-3-1-4-8-23/h1-19H,20-21H2,(H,33,37). The molecule has 7 nitrogen and oxygen atoms in total. The number of nitrogens with one attached hydrogen (secondary N) is 1. The predicted octanol–water partition coefficient (Wildman–Crippen LogP) is 6.41. The van der Waals surface area contributed by atoms with Crippen molar-refractivity contribution in [1.29, 1.82) is 0 Å². The van der Waals surface area contributed by atoms with Crippen molar-refractivity contribution in [3.05, 3.63) is 125 Å². The summed E-state index contributed by atoms with van der Waals surface area (Å²) in [6.45, 7) is 0.501. The topological polar surface area (TPSA) is 81.4 Å². The maximum absolute atomic E-state index is 12.5. The molecule has 194 valence electrons. The van der Waals surface area contributed by atoms with E-state index >= 15 is 0 Å². The lowest BCUT2D eigenvalue weighted by molar-refractivity contribution is -0.118. The molecule has 1 heterocycles. The van der Waals surface area contributed by atoms with Crippen LogP contribution in [0.4, 0.5) is 0 Å². The van der Waals surface area contributed by atoms with Crippen molar-refractivity contribution in [1.82, 2.24) is 20.2 Å². The third-order valence-electron chi connectivity index (χ3n) is 5.61. The van der Waals surface area contributed by atoms with Gasteiger partial charge >= 0.3 is 0 Å². The van der Waals surface area contributed by atoms with Crippen molar-refractivity contribution < 1.29 is 9.53 Å². The highest BCUT2D eigenvalue weighted by atomic mass is 35.5. The molecule has 0 spiro atoms. The smallest absolute Gasteiger partial charge is 0.250 e. The Morgan fingerprint density at radius 1 is 0.897 bits per heavy atom. The number of thioether (sulfide) groups is 1. The summed E-state index contributed by atoms with van der Waals surface area (Å²) in [5.41, 5.74) is 6.27. The summed E-state index contributed by atoms with van der Waals surface area (Å²) >= 11 is 7.37. The number of carbonyl (C=O) groups excluding carboxylic acids is 1. The molecule has 0 unspecified atom stereocenters. The van der Waals surface area contributed by atoms with Gasteiger partial charge in [0.05, 0.1) is 12.0 Å². The van der Waals surface area contributed by atoms with Gasteiger partial charge in [-0.3, -0.25) is 9.36 Å². The second kappa shape index (κ2) is 12.9. The number of carbonyl (C=O) groups is 1. The molecule has 0 bridgehead atoms. The maximum atomic E-state index is 12.5. The first-order valence-electron chi connectivity index (χ1n) is 12.1. The number of benzene rings is 4. The summed E-state index contributed by atoms with van der Waals surface area (Å²) < 4.78 is 7.72. The van der Waals surface area contributed by atoms with Gasteiger partial charge in [-0.15, -0.1) is 10.2 Å². The molecule has 4 aromatic carbocycles. The molecule has 39 heavy (non-hydrogen) atoms. The van der Waals surface area contributed by atoms with Crippen molar-refractivity contribution >= 4 is 35.5 Å². The van der Waals surface area contributed by atoms with Crippen molar-refractivity contribution in [2.24, 2.45) is 5.10 Å². The minimum absolute atomic E-state index is 0.115. The highest BCUT2D eigenvalue weighted by molar-refractivity contribution is 7.99. The number of ether oxygens (including phenoxy) is 1. The van der Waals surface area contributed by atoms with Crippen LogP contribution in [0.15, 0.2) is 119 Å². The van der Waals surface area contributed by atoms with Crippen LogP contribution in [-0.4, -0.2) is 32.6 Å². The van der Waals surface area contributed by atoms with Crippen molar-refractivity contribution in [3.63, 3.8) is 0 Å². The summed E-state index contributed by atoms with van der Waals surface area (Å²) in [4.78, 5) is 12.5. The van der Waals surface area contributed by atoms with Gasteiger partial charge in [0.2, 0.25) is 0 Å². The van der Waals surface area contributed by atoms with Crippen LogP contribution in [0.1, 0.15) is 11.1 Å². The number of hydrazone groups is 1. The molecule has 1 N–H and O–H groups in total. The second-order valence-corrected chi connectivity index (χ2v) is 9.79.